The third kappa shape index (κ3) is 5.97. The largest absolute Gasteiger partial charge is 0.435 e. The van der Waals surface area contributed by atoms with Crippen molar-refractivity contribution in [3.63, 3.8) is 0 Å². The van der Waals surface area contributed by atoms with Crippen molar-refractivity contribution < 1.29 is 30.8 Å². The molecular weight excluding hydrogens is 462 g/mol. The minimum Gasteiger partial charge on any atom is -0.333 e. The van der Waals surface area contributed by atoms with Crippen LogP contribution in [-0.4, -0.2) is 47.5 Å². The van der Waals surface area contributed by atoms with Crippen LogP contribution in [0.3, 0.4) is 0 Å². The van der Waals surface area contributed by atoms with Gasteiger partial charge >= 0.3 is 6.18 Å². The van der Waals surface area contributed by atoms with Crippen molar-refractivity contribution in [2.24, 2.45) is 5.92 Å². The van der Waals surface area contributed by atoms with E-state index in [-0.39, 0.29) is 46.8 Å². The first-order valence-electron chi connectivity index (χ1n) is 9.51. The van der Waals surface area contributed by atoms with E-state index in [9.17, 15) is 30.8 Å². The van der Waals surface area contributed by atoms with E-state index in [1.54, 1.807) is 0 Å². The summed E-state index contributed by atoms with van der Waals surface area (Å²) in [4.78, 5) is 14.1. The van der Waals surface area contributed by atoms with E-state index in [1.165, 1.54) is 23.1 Å². The maximum atomic E-state index is 14.3. The van der Waals surface area contributed by atoms with E-state index in [0.29, 0.717) is 25.3 Å². The molecule has 3 rings (SSSR count). The van der Waals surface area contributed by atoms with Gasteiger partial charge in [0.25, 0.3) is 5.91 Å². The van der Waals surface area contributed by atoms with Crippen molar-refractivity contribution in [1.82, 2.24) is 15.1 Å². The van der Waals surface area contributed by atoms with Crippen molar-refractivity contribution >= 4 is 27.3 Å². The zero-order valence-electron chi connectivity index (χ0n) is 16.3. The molecule has 1 aromatic heterocycles. The summed E-state index contributed by atoms with van der Waals surface area (Å²) in [5, 5.41) is 5.31. The molecule has 1 aliphatic heterocycles. The first kappa shape index (κ1) is 23.5. The number of aromatic nitrogens is 2. The summed E-state index contributed by atoms with van der Waals surface area (Å²) < 4.78 is 76.0. The molecule has 170 valence electrons. The lowest BCUT2D eigenvalue weighted by Crippen LogP contribution is -2.34. The summed E-state index contributed by atoms with van der Waals surface area (Å²) in [5.74, 6) is -1.29. The van der Waals surface area contributed by atoms with Gasteiger partial charge in [0.1, 0.15) is 21.3 Å². The van der Waals surface area contributed by atoms with Gasteiger partial charge in [-0.1, -0.05) is 17.7 Å². The first-order chi connectivity index (χ1) is 14.5. The van der Waals surface area contributed by atoms with Crippen LogP contribution in [0, 0.1) is 11.7 Å². The third-order valence-electron chi connectivity index (χ3n) is 5.28. The van der Waals surface area contributed by atoms with Crippen LogP contribution in [0.5, 0.6) is 0 Å². The molecule has 0 bridgehead atoms. The van der Waals surface area contributed by atoms with Gasteiger partial charge in [0, 0.05) is 23.2 Å². The van der Waals surface area contributed by atoms with E-state index < -0.39 is 33.4 Å². The second-order valence-corrected chi connectivity index (χ2v) is 10.2. The van der Waals surface area contributed by atoms with Crippen molar-refractivity contribution in [3.8, 4) is 0 Å². The smallest absolute Gasteiger partial charge is 0.333 e. The van der Waals surface area contributed by atoms with Gasteiger partial charge in [-0.15, -0.1) is 0 Å². The predicted octanol–water partition coefficient (Wildman–Crippen LogP) is 4.08. The number of hydrogen-bond donors (Lipinski definition) is 1. The lowest BCUT2D eigenvalue weighted by Gasteiger charge is -2.27. The number of halogens is 5. The minimum atomic E-state index is -4.72. The molecule has 31 heavy (non-hydrogen) atoms. The molecule has 0 radical (unpaired) electrons. The number of alkyl halides is 3. The number of aromatic amines is 1. The van der Waals surface area contributed by atoms with Crippen molar-refractivity contribution in [1.29, 1.82) is 0 Å². The minimum absolute atomic E-state index is 0.0300. The molecule has 6 nitrogen and oxygen atoms in total. The summed E-state index contributed by atoms with van der Waals surface area (Å²) in [5.41, 5.74) is -1.58. The maximum Gasteiger partial charge on any atom is 0.435 e. The molecule has 0 saturated carbocycles. The summed E-state index contributed by atoms with van der Waals surface area (Å²) in [6.07, 6.45) is -3.42. The summed E-state index contributed by atoms with van der Waals surface area (Å²) in [6, 6.07) is 4.63. The zero-order chi connectivity index (χ0) is 22.8. The highest BCUT2D eigenvalue weighted by molar-refractivity contribution is 7.91. The Labute approximate surface area is 181 Å². The number of rotatable bonds is 6. The van der Waals surface area contributed by atoms with Gasteiger partial charge in [-0.2, -0.15) is 18.3 Å². The van der Waals surface area contributed by atoms with Crippen LogP contribution in [-0.2, 0) is 22.6 Å². The van der Waals surface area contributed by atoms with Gasteiger partial charge in [-0.25, -0.2) is 12.8 Å². The number of carbonyl (C=O) groups excluding carboxylic acids is 1. The molecule has 0 atom stereocenters. The Hall–Kier alpha value is -2.14. The Balaban J connectivity index is 1.80. The number of sulfone groups is 1. The van der Waals surface area contributed by atoms with Crippen LogP contribution in [0.15, 0.2) is 24.3 Å². The molecule has 0 aliphatic carbocycles. The average molecular weight is 482 g/mol. The van der Waals surface area contributed by atoms with Crippen LogP contribution in [0.1, 0.15) is 41.0 Å². The Bertz CT molecular complexity index is 1020. The fraction of sp³-hybridized carbons (Fsp3) is 0.474. The number of nitrogens with one attached hydrogen (secondary N) is 1. The lowest BCUT2D eigenvalue weighted by atomic mass is 9.98. The second kappa shape index (κ2) is 9.15. The number of hydrogen-bond acceptors (Lipinski definition) is 4. The molecule has 1 fully saturated rings. The molecule has 2 heterocycles. The number of H-pyrrole nitrogens is 1. The van der Waals surface area contributed by atoms with Crippen LogP contribution in [0.4, 0.5) is 17.6 Å². The highest BCUT2D eigenvalue weighted by Gasteiger charge is 2.35. The topological polar surface area (TPSA) is 83.1 Å². The molecule has 2 aromatic rings. The molecule has 1 N–H and O–H groups in total. The normalized spacial score (nSPS) is 16.9. The van der Waals surface area contributed by atoms with E-state index in [1.807, 2.05) is 0 Å². The SMILES string of the molecule is O=C(c1cc(C(F)(F)F)n[nH]1)N(CCC1CCS(=O)(=O)CC1)Cc1c(F)cccc1Cl. The van der Waals surface area contributed by atoms with E-state index >= 15 is 0 Å². The van der Waals surface area contributed by atoms with Gasteiger partial charge in [-0.3, -0.25) is 9.89 Å². The third-order valence-corrected chi connectivity index (χ3v) is 7.35. The van der Waals surface area contributed by atoms with Crippen LogP contribution in [0.2, 0.25) is 5.02 Å². The Morgan fingerprint density at radius 1 is 1.26 bits per heavy atom. The molecule has 12 heteroatoms. The maximum absolute atomic E-state index is 14.3. The first-order valence-corrected chi connectivity index (χ1v) is 11.7. The molecule has 1 amide bonds. The fourth-order valence-electron chi connectivity index (χ4n) is 3.44. The fourth-order valence-corrected chi connectivity index (χ4v) is 5.25. The molecular formula is C19H20ClF4N3O3S. The lowest BCUT2D eigenvalue weighted by molar-refractivity contribution is -0.141. The van der Waals surface area contributed by atoms with E-state index in [4.69, 9.17) is 11.6 Å². The zero-order valence-corrected chi connectivity index (χ0v) is 17.8. The second-order valence-electron chi connectivity index (χ2n) is 7.48. The summed E-state index contributed by atoms with van der Waals surface area (Å²) in [7, 11) is -3.05. The van der Waals surface area contributed by atoms with Crippen LogP contribution >= 0.6 is 11.6 Å². The van der Waals surface area contributed by atoms with E-state index in [2.05, 4.69) is 10.2 Å². The van der Waals surface area contributed by atoms with Crippen molar-refractivity contribution in [3.05, 3.63) is 52.1 Å². The predicted molar refractivity (Wildman–Crippen MR) is 106 cm³/mol. The number of carbonyl (C=O) groups is 1. The Kier molecular flexibility index (Phi) is 6.95. The highest BCUT2D eigenvalue weighted by atomic mass is 35.5. The average Bonchev–Trinajstić information content (AvgIpc) is 3.18. The molecule has 0 spiro atoms. The molecule has 1 aliphatic rings. The highest BCUT2D eigenvalue weighted by Crippen LogP contribution is 2.29. The quantitative estimate of drug-likeness (QED) is 0.630. The van der Waals surface area contributed by atoms with Crippen molar-refractivity contribution in [2.75, 3.05) is 18.1 Å². The van der Waals surface area contributed by atoms with Gasteiger partial charge in [0.2, 0.25) is 0 Å². The Morgan fingerprint density at radius 2 is 1.94 bits per heavy atom. The monoisotopic (exact) mass is 481 g/mol. The van der Waals surface area contributed by atoms with Gasteiger partial charge in [0.15, 0.2) is 5.69 Å². The van der Waals surface area contributed by atoms with Crippen molar-refractivity contribution in [2.45, 2.75) is 32.0 Å². The van der Waals surface area contributed by atoms with Gasteiger partial charge in [0.05, 0.1) is 18.1 Å². The van der Waals surface area contributed by atoms with Gasteiger partial charge in [-0.05, 0) is 37.3 Å². The molecule has 1 aromatic carbocycles. The standard InChI is InChI=1S/C19H20ClF4N3O3S/c20-14-2-1-3-15(21)13(14)11-27(7-4-12-5-8-31(29,30)9-6-12)18(28)16-10-17(26-25-16)19(22,23)24/h1-3,10,12H,4-9,11H2,(H,25,26). The number of benzene rings is 1. The number of amides is 1. The summed E-state index contributed by atoms with van der Waals surface area (Å²) >= 11 is 6.05. The number of nitrogens with zero attached hydrogens (tertiary/aromatic N) is 2. The molecule has 0 unspecified atom stereocenters. The van der Waals surface area contributed by atoms with E-state index in [0.717, 1.165) is 0 Å². The Morgan fingerprint density at radius 3 is 2.52 bits per heavy atom. The van der Waals surface area contributed by atoms with Gasteiger partial charge < -0.3 is 4.90 Å². The molecule has 1 saturated heterocycles. The van der Waals surface area contributed by atoms with Crippen LogP contribution in [0.25, 0.3) is 0 Å². The van der Waals surface area contributed by atoms with Crippen LogP contribution < -0.4 is 0 Å². The summed E-state index contributed by atoms with van der Waals surface area (Å²) in [6.45, 7) is -0.162.